The highest BCUT2D eigenvalue weighted by Crippen LogP contribution is 2.20. The van der Waals surface area contributed by atoms with E-state index in [9.17, 15) is 4.79 Å². The van der Waals surface area contributed by atoms with Crippen LogP contribution in [0.15, 0.2) is 4.79 Å². The Morgan fingerprint density at radius 2 is 2.18 bits per heavy atom. The van der Waals surface area contributed by atoms with Crippen LogP contribution in [0.3, 0.4) is 0 Å². The summed E-state index contributed by atoms with van der Waals surface area (Å²) < 4.78 is 2.52. The number of H-pyrrole nitrogens is 1. The van der Waals surface area contributed by atoms with Crippen LogP contribution < -0.4 is 5.69 Å². The Balaban J connectivity index is 2.25. The molecule has 17 heavy (non-hydrogen) atoms. The molecule has 2 rings (SSSR count). The van der Waals surface area contributed by atoms with E-state index in [2.05, 4.69) is 9.88 Å². The van der Waals surface area contributed by atoms with E-state index in [0.717, 1.165) is 44.5 Å². The fraction of sp³-hybridized carbons (Fsp3) is 0.667. The molecule has 0 radical (unpaired) electrons. The minimum Gasteiger partial charge on any atom is -0.309 e. The maximum atomic E-state index is 11.9. The van der Waals surface area contributed by atoms with Crippen molar-refractivity contribution in [2.75, 3.05) is 20.6 Å². The summed E-state index contributed by atoms with van der Waals surface area (Å²) in [6.07, 6.45) is 4.11. The summed E-state index contributed by atoms with van der Waals surface area (Å²) in [6.45, 7) is 1.78. The monoisotopic (exact) mass is 253 g/mol. The van der Waals surface area contributed by atoms with Crippen molar-refractivity contribution in [3.8, 4) is 0 Å². The van der Waals surface area contributed by atoms with Crippen LogP contribution in [0.25, 0.3) is 0 Å². The average molecular weight is 253 g/mol. The molecule has 0 unspecified atom stereocenters. The van der Waals surface area contributed by atoms with Crippen molar-refractivity contribution in [1.82, 2.24) is 14.5 Å². The second kappa shape index (κ2) is 5.14. The predicted molar refractivity (Wildman–Crippen MR) is 71.1 cm³/mol. The Bertz CT molecular complexity index is 515. The first kappa shape index (κ1) is 12.5. The molecule has 0 aromatic carbocycles. The van der Waals surface area contributed by atoms with Gasteiger partial charge in [0.05, 0.1) is 0 Å². The molecule has 1 aromatic rings. The third-order valence-electron chi connectivity index (χ3n) is 3.24. The normalized spacial score (nSPS) is 14.3. The number of hydrogen-bond donors (Lipinski definition) is 1. The first-order chi connectivity index (χ1) is 8.09. The molecule has 0 amide bonds. The van der Waals surface area contributed by atoms with Crippen LogP contribution in [0.5, 0.6) is 0 Å². The third kappa shape index (κ3) is 2.66. The molecule has 0 spiro atoms. The lowest BCUT2D eigenvalue weighted by atomic mass is 10.2. The van der Waals surface area contributed by atoms with E-state index in [-0.39, 0.29) is 5.69 Å². The molecule has 5 heteroatoms. The van der Waals surface area contributed by atoms with E-state index in [1.165, 1.54) is 5.56 Å². The molecule has 0 aliphatic heterocycles. The van der Waals surface area contributed by atoms with Crippen LogP contribution in [0.2, 0.25) is 0 Å². The minimum absolute atomic E-state index is 0.0468. The lowest BCUT2D eigenvalue weighted by molar-refractivity contribution is 0.382. The number of aromatic nitrogens is 2. The van der Waals surface area contributed by atoms with Crippen LogP contribution >= 0.6 is 12.2 Å². The van der Waals surface area contributed by atoms with Crippen molar-refractivity contribution in [3.05, 3.63) is 26.4 Å². The van der Waals surface area contributed by atoms with E-state index in [1.54, 1.807) is 0 Å². The van der Waals surface area contributed by atoms with Gasteiger partial charge in [-0.15, -0.1) is 0 Å². The highest BCUT2D eigenvalue weighted by molar-refractivity contribution is 7.71. The van der Waals surface area contributed by atoms with Gasteiger partial charge in [0.2, 0.25) is 0 Å². The molecule has 0 saturated carbocycles. The van der Waals surface area contributed by atoms with Gasteiger partial charge in [-0.25, -0.2) is 4.79 Å². The SMILES string of the molecule is CN(C)CCCn1c2c(c(=S)[nH]c1=O)CCC2. The molecular formula is C12H19N3OS. The average Bonchev–Trinajstić information content (AvgIpc) is 2.71. The Morgan fingerprint density at radius 3 is 2.88 bits per heavy atom. The van der Waals surface area contributed by atoms with Crippen molar-refractivity contribution in [2.45, 2.75) is 32.2 Å². The third-order valence-corrected chi connectivity index (χ3v) is 3.59. The molecule has 1 aliphatic carbocycles. The molecule has 4 nitrogen and oxygen atoms in total. The standard InChI is InChI=1S/C12H19N3OS/c1-14(2)7-4-8-15-10-6-3-5-9(10)11(17)13-12(15)16/h3-8H2,1-2H3,(H,13,16,17). The summed E-state index contributed by atoms with van der Waals surface area (Å²) in [5.41, 5.74) is 2.30. The van der Waals surface area contributed by atoms with Crippen LogP contribution in [0.4, 0.5) is 0 Å². The lowest BCUT2D eigenvalue weighted by Crippen LogP contribution is -2.28. The zero-order valence-electron chi connectivity index (χ0n) is 10.5. The van der Waals surface area contributed by atoms with Gasteiger partial charge in [-0.2, -0.15) is 0 Å². The Morgan fingerprint density at radius 1 is 1.41 bits per heavy atom. The van der Waals surface area contributed by atoms with Crippen LogP contribution in [-0.2, 0) is 19.4 Å². The topological polar surface area (TPSA) is 41.0 Å². The van der Waals surface area contributed by atoms with E-state index < -0.39 is 0 Å². The quantitative estimate of drug-likeness (QED) is 0.823. The summed E-state index contributed by atoms with van der Waals surface area (Å²) in [6, 6.07) is 0. The molecular weight excluding hydrogens is 234 g/mol. The van der Waals surface area contributed by atoms with Crippen LogP contribution in [0.1, 0.15) is 24.1 Å². The van der Waals surface area contributed by atoms with E-state index >= 15 is 0 Å². The summed E-state index contributed by atoms with van der Waals surface area (Å²) in [5, 5.41) is 0. The molecule has 1 aromatic heterocycles. The molecule has 1 heterocycles. The van der Waals surface area contributed by atoms with Gasteiger partial charge >= 0.3 is 5.69 Å². The van der Waals surface area contributed by atoms with Gasteiger partial charge in [0.15, 0.2) is 0 Å². The zero-order chi connectivity index (χ0) is 12.4. The van der Waals surface area contributed by atoms with Gasteiger partial charge in [0, 0.05) is 17.8 Å². The Kier molecular flexibility index (Phi) is 3.79. The molecule has 0 fully saturated rings. The second-order valence-corrected chi connectivity index (χ2v) is 5.25. The first-order valence-electron chi connectivity index (χ1n) is 6.09. The van der Waals surface area contributed by atoms with E-state index in [4.69, 9.17) is 12.2 Å². The summed E-state index contributed by atoms with van der Waals surface area (Å²) in [5.74, 6) is 0. The highest BCUT2D eigenvalue weighted by atomic mass is 32.1. The van der Waals surface area contributed by atoms with Gasteiger partial charge in [-0.05, 0) is 46.3 Å². The summed E-state index contributed by atoms with van der Waals surface area (Å²) >= 11 is 5.20. The number of nitrogens with zero attached hydrogens (tertiary/aromatic N) is 2. The molecule has 0 saturated heterocycles. The highest BCUT2D eigenvalue weighted by Gasteiger charge is 2.17. The number of aromatic amines is 1. The number of rotatable bonds is 4. The molecule has 1 N–H and O–H groups in total. The summed E-state index contributed by atoms with van der Waals surface area (Å²) in [7, 11) is 4.09. The maximum absolute atomic E-state index is 11.9. The van der Waals surface area contributed by atoms with Crippen molar-refractivity contribution >= 4 is 12.2 Å². The lowest BCUT2D eigenvalue weighted by Gasteiger charge is -2.13. The Hall–Kier alpha value is -0.940. The fourth-order valence-corrected chi connectivity index (χ4v) is 2.72. The number of hydrogen-bond acceptors (Lipinski definition) is 3. The van der Waals surface area contributed by atoms with E-state index in [1.807, 2.05) is 18.7 Å². The fourth-order valence-electron chi connectivity index (χ4n) is 2.41. The molecule has 1 aliphatic rings. The van der Waals surface area contributed by atoms with Gasteiger partial charge in [0.1, 0.15) is 4.64 Å². The molecule has 0 atom stereocenters. The van der Waals surface area contributed by atoms with Crippen molar-refractivity contribution in [2.24, 2.45) is 0 Å². The van der Waals surface area contributed by atoms with Gasteiger partial charge < -0.3 is 4.90 Å². The zero-order valence-corrected chi connectivity index (χ0v) is 11.3. The van der Waals surface area contributed by atoms with Crippen molar-refractivity contribution < 1.29 is 0 Å². The maximum Gasteiger partial charge on any atom is 0.326 e. The van der Waals surface area contributed by atoms with Crippen LogP contribution in [-0.4, -0.2) is 35.1 Å². The first-order valence-corrected chi connectivity index (χ1v) is 6.50. The van der Waals surface area contributed by atoms with Gasteiger partial charge in [0.25, 0.3) is 0 Å². The smallest absolute Gasteiger partial charge is 0.309 e. The Labute approximate surface area is 106 Å². The van der Waals surface area contributed by atoms with Crippen LogP contribution in [0, 0.1) is 4.64 Å². The molecule has 94 valence electrons. The van der Waals surface area contributed by atoms with Crippen molar-refractivity contribution in [3.63, 3.8) is 0 Å². The van der Waals surface area contributed by atoms with Gasteiger partial charge in [-0.1, -0.05) is 12.2 Å². The summed E-state index contributed by atoms with van der Waals surface area (Å²) in [4.78, 5) is 16.8. The van der Waals surface area contributed by atoms with Gasteiger partial charge in [-0.3, -0.25) is 9.55 Å². The largest absolute Gasteiger partial charge is 0.326 e. The second-order valence-electron chi connectivity index (χ2n) is 4.85. The predicted octanol–water partition coefficient (Wildman–Crippen LogP) is 1.35. The number of fused-ring (bicyclic) bond motifs is 1. The molecule has 0 bridgehead atoms. The minimum atomic E-state index is -0.0468. The van der Waals surface area contributed by atoms with Crippen molar-refractivity contribution in [1.29, 1.82) is 0 Å². The number of nitrogens with one attached hydrogen (secondary N) is 1. The van der Waals surface area contributed by atoms with E-state index in [0.29, 0.717) is 4.64 Å².